The second-order valence-electron chi connectivity index (χ2n) is 9.97. The number of hydrogen-bond acceptors (Lipinski definition) is 3. The molecule has 2 unspecified atom stereocenters. The zero-order valence-electron chi connectivity index (χ0n) is 19.1. The molecule has 4 rings (SSSR count). The van der Waals surface area contributed by atoms with E-state index in [-0.39, 0.29) is 46.9 Å². The van der Waals surface area contributed by atoms with Gasteiger partial charge in [0.1, 0.15) is 6.04 Å². The van der Waals surface area contributed by atoms with Gasteiger partial charge in [-0.2, -0.15) is 0 Å². The molecule has 2 fully saturated rings. The number of halogens is 1. The van der Waals surface area contributed by atoms with E-state index >= 15 is 0 Å². The summed E-state index contributed by atoms with van der Waals surface area (Å²) >= 11 is 5.98. The second-order valence-corrected chi connectivity index (χ2v) is 10.4. The van der Waals surface area contributed by atoms with Crippen LogP contribution in [0.25, 0.3) is 0 Å². The summed E-state index contributed by atoms with van der Waals surface area (Å²) in [5, 5.41) is 0.525. The fraction of sp³-hybridized carbons (Fsp3) is 0.423. The monoisotopic (exact) mass is 452 g/mol. The molecule has 2 atom stereocenters. The van der Waals surface area contributed by atoms with Crippen molar-refractivity contribution in [1.29, 1.82) is 0 Å². The Morgan fingerprint density at radius 1 is 1.00 bits per heavy atom. The quantitative estimate of drug-likeness (QED) is 0.582. The van der Waals surface area contributed by atoms with Gasteiger partial charge in [-0.15, -0.1) is 0 Å². The van der Waals surface area contributed by atoms with Crippen LogP contribution in [0.15, 0.2) is 54.6 Å². The lowest BCUT2D eigenvalue weighted by Crippen LogP contribution is -2.48. The normalized spacial score (nSPS) is 22.7. The summed E-state index contributed by atoms with van der Waals surface area (Å²) in [7, 11) is 0. The second kappa shape index (κ2) is 7.73. The van der Waals surface area contributed by atoms with E-state index in [1.807, 2.05) is 37.3 Å². The van der Waals surface area contributed by atoms with Crippen LogP contribution in [0, 0.1) is 16.7 Å². The molecule has 0 bridgehead atoms. The number of imide groups is 1. The van der Waals surface area contributed by atoms with Gasteiger partial charge >= 0.3 is 0 Å². The summed E-state index contributed by atoms with van der Waals surface area (Å²) in [5.41, 5.74) is 1.04. The first-order chi connectivity index (χ1) is 15.0. The highest BCUT2D eigenvalue weighted by Crippen LogP contribution is 2.69. The van der Waals surface area contributed by atoms with Gasteiger partial charge in [0, 0.05) is 10.9 Å². The average molecular weight is 453 g/mol. The summed E-state index contributed by atoms with van der Waals surface area (Å²) in [6.45, 7) is 10.3. The predicted octanol–water partition coefficient (Wildman–Crippen LogP) is 5.24. The van der Waals surface area contributed by atoms with E-state index in [4.69, 9.17) is 11.6 Å². The van der Waals surface area contributed by atoms with E-state index in [2.05, 4.69) is 27.7 Å². The lowest BCUT2D eigenvalue weighted by atomic mass is 10.0. The highest BCUT2D eigenvalue weighted by Gasteiger charge is 2.69. The van der Waals surface area contributed by atoms with E-state index in [1.165, 1.54) is 4.90 Å². The highest BCUT2D eigenvalue weighted by molar-refractivity contribution is 6.30. The smallest absolute Gasteiger partial charge is 0.257 e. The number of nitrogens with zero attached hydrogens (tertiary/aromatic N) is 2. The van der Waals surface area contributed by atoms with E-state index < -0.39 is 6.04 Å². The van der Waals surface area contributed by atoms with Crippen molar-refractivity contribution in [1.82, 2.24) is 4.90 Å². The van der Waals surface area contributed by atoms with Crippen LogP contribution in [0.2, 0.25) is 5.02 Å². The summed E-state index contributed by atoms with van der Waals surface area (Å²) < 4.78 is 0. The topological polar surface area (TPSA) is 57.7 Å². The molecule has 6 heteroatoms. The van der Waals surface area contributed by atoms with Crippen molar-refractivity contribution in [3.63, 3.8) is 0 Å². The number of carbonyl (C=O) groups is 3. The summed E-state index contributed by atoms with van der Waals surface area (Å²) in [6.07, 6.45) is -0.0298. The predicted molar refractivity (Wildman–Crippen MR) is 125 cm³/mol. The van der Waals surface area contributed by atoms with E-state index in [1.54, 1.807) is 29.2 Å². The van der Waals surface area contributed by atoms with Gasteiger partial charge in [-0.05, 0) is 47.6 Å². The first-order valence-corrected chi connectivity index (χ1v) is 11.4. The number of amides is 3. The molecule has 1 saturated heterocycles. The van der Waals surface area contributed by atoms with E-state index in [9.17, 15) is 14.4 Å². The molecule has 0 aromatic heterocycles. The molecule has 32 heavy (non-hydrogen) atoms. The number of carbonyl (C=O) groups excluding carboxylic acids is 3. The van der Waals surface area contributed by atoms with Crippen molar-refractivity contribution in [3.05, 3.63) is 65.2 Å². The Morgan fingerprint density at radius 3 is 2.09 bits per heavy atom. The molecule has 0 spiro atoms. The van der Waals surface area contributed by atoms with Gasteiger partial charge in [-0.25, -0.2) is 4.90 Å². The van der Waals surface area contributed by atoms with Crippen LogP contribution >= 0.6 is 11.6 Å². The van der Waals surface area contributed by atoms with Gasteiger partial charge in [-0.1, -0.05) is 69.6 Å². The van der Waals surface area contributed by atoms with Gasteiger partial charge in [0.15, 0.2) is 0 Å². The number of rotatable bonds is 5. The van der Waals surface area contributed by atoms with Gasteiger partial charge in [0.05, 0.1) is 18.2 Å². The van der Waals surface area contributed by atoms with Gasteiger partial charge < -0.3 is 4.90 Å². The summed E-state index contributed by atoms with van der Waals surface area (Å²) in [5.74, 6) is -0.964. The minimum Gasteiger partial charge on any atom is -0.323 e. The van der Waals surface area contributed by atoms with Crippen LogP contribution < -0.4 is 4.90 Å². The van der Waals surface area contributed by atoms with Crippen molar-refractivity contribution >= 4 is 35.0 Å². The number of hydrogen-bond donors (Lipinski definition) is 0. The average Bonchev–Trinajstić information content (AvgIpc) is 2.98. The maximum Gasteiger partial charge on any atom is 0.257 e. The first-order valence-electron chi connectivity index (χ1n) is 11.0. The molecular weight excluding hydrogens is 424 g/mol. The lowest BCUT2D eigenvalue weighted by molar-refractivity contribution is -0.143. The van der Waals surface area contributed by atoms with E-state index in [0.29, 0.717) is 10.7 Å². The Kier molecular flexibility index (Phi) is 5.44. The Hall–Kier alpha value is -2.66. The molecule has 3 amide bonds. The molecular formula is C26H29ClN2O3. The Bertz CT molecular complexity index is 1050. The Morgan fingerprint density at radius 2 is 1.56 bits per heavy atom. The van der Waals surface area contributed by atoms with Crippen molar-refractivity contribution in [2.24, 2.45) is 16.7 Å². The fourth-order valence-corrected chi connectivity index (χ4v) is 5.29. The SMILES string of the molecule is CC(c1ccccc1)N(C(=O)C1C(C)(C)C1(C)C)C1CC(=O)N(c2ccc(Cl)cc2)C1=O. The molecule has 1 aliphatic carbocycles. The number of anilines is 1. The Balaban J connectivity index is 1.72. The van der Waals surface area contributed by atoms with E-state index in [0.717, 1.165) is 5.56 Å². The van der Waals surface area contributed by atoms with Crippen LogP contribution in [0.1, 0.15) is 52.6 Å². The molecule has 2 aliphatic rings. The fourth-order valence-electron chi connectivity index (χ4n) is 5.16. The van der Waals surface area contributed by atoms with Gasteiger partial charge in [0.2, 0.25) is 11.8 Å². The zero-order valence-corrected chi connectivity index (χ0v) is 19.9. The van der Waals surface area contributed by atoms with Crippen LogP contribution in [0.4, 0.5) is 5.69 Å². The highest BCUT2D eigenvalue weighted by atomic mass is 35.5. The third-order valence-corrected chi connectivity index (χ3v) is 8.02. The molecule has 1 saturated carbocycles. The lowest BCUT2D eigenvalue weighted by Gasteiger charge is -2.34. The van der Waals surface area contributed by atoms with Crippen LogP contribution in [0.5, 0.6) is 0 Å². The molecule has 2 aromatic carbocycles. The standard InChI is InChI=1S/C26H29ClN2O3/c1-16(17-9-7-6-8-10-17)28(24(32)22-25(2,3)26(22,4)5)20-15-21(30)29(23(20)31)19-13-11-18(27)12-14-19/h6-14,16,20,22H,15H2,1-5H3. The minimum absolute atomic E-state index is 0.0298. The Labute approximate surface area is 194 Å². The van der Waals surface area contributed by atoms with Crippen LogP contribution in [0.3, 0.4) is 0 Å². The third kappa shape index (κ3) is 3.43. The molecule has 0 N–H and O–H groups in total. The minimum atomic E-state index is -0.840. The number of benzene rings is 2. The molecule has 1 heterocycles. The zero-order chi connectivity index (χ0) is 23.4. The first kappa shape index (κ1) is 22.5. The third-order valence-electron chi connectivity index (χ3n) is 7.76. The molecule has 1 aliphatic heterocycles. The van der Waals surface area contributed by atoms with Crippen molar-refractivity contribution in [3.8, 4) is 0 Å². The van der Waals surface area contributed by atoms with Crippen molar-refractivity contribution < 1.29 is 14.4 Å². The maximum atomic E-state index is 13.9. The molecule has 0 radical (unpaired) electrons. The summed E-state index contributed by atoms with van der Waals surface area (Å²) in [6, 6.07) is 15.1. The van der Waals surface area contributed by atoms with Gasteiger partial charge in [-0.3, -0.25) is 14.4 Å². The molecule has 2 aromatic rings. The van der Waals surface area contributed by atoms with Gasteiger partial charge in [0.25, 0.3) is 5.91 Å². The van der Waals surface area contributed by atoms with Crippen molar-refractivity contribution in [2.75, 3.05) is 4.90 Å². The largest absolute Gasteiger partial charge is 0.323 e. The maximum absolute atomic E-state index is 13.9. The van der Waals surface area contributed by atoms with Crippen molar-refractivity contribution in [2.45, 2.75) is 53.1 Å². The summed E-state index contributed by atoms with van der Waals surface area (Å²) in [4.78, 5) is 43.2. The van der Waals surface area contributed by atoms with Crippen LogP contribution in [-0.2, 0) is 14.4 Å². The van der Waals surface area contributed by atoms with Crippen LogP contribution in [-0.4, -0.2) is 28.7 Å². The molecule has 5 nitrogen and oxygen atoms in total. The molecule has 168 valence electrons.